The monoisotopic (exact) mass is 363 g/mol. The van der Waals surface area contributed by atoms with Crippen LogP contribution in [-0.2, 0) is 6.54 Å². The van der Waals surface area contributed by atoms with Crippen LogP contribution in [0.25, 0.3) is 0 Å². The quantitative estimate of drug-likeness (QED) is 0.730. The van der Waals surface area contributed by atoms with Crippen molar-refractivity contribution in [3.05, 3.63) is 87.8 Å². The topological polar surface area (TPSA) is 73.2 Å². The van der Waals surface area contributed by atoms with E-state index in [2.05, 4.69) is 10.4 Å². The smallest absolute Gasteiger partial charge is 0.276 e. The second-order valence-electron chi connectivity index (χ2n) is 6.21. The van der Waals surface area contributed by atoms with Crippen LogP contribution in [-0.4, -0.2) is 22.3 Å². The van der Waals surface area contributed by atoms with E-state index >= 15 is 0 Å². The highest BCUT2D eigenvalue weighted by Crippen LogP contribution is 2.16. The van der Waals surface area contributed by atoms with Crippen LogP contribution in [0.3, 0.4) is 0 Å². The number of carbonyl (C=O) groups excluding carboxylic acids is 1. The number of hydrogen-bond acceptors (Lipinski definition) is 4. The van der Waals surface area contributed by atoms with Gasteiger partial charge in [0, 0.05) is 11.8 Å². The van der Waals surface area contributed by atoms with Gasteiger partial charge in [0.1, 0.15) is 18.1 Å². The van der Waals surface area contributed by atoms with Crippen molar-refractivity contribution in [2.45, 2.75) is 20.4 Å². The van der Waals surface area contributed by atoms with Crippen LogP contribution < -0.4 is 15.6 Å². The Morgan fingerprint density at radius 2 is 1.85 bits per heavy atom. The van der Waals surface area contributed by atoms with Crippen LogP contribution in [0.5, 0.6) is 5.75 Å². The van der Waals surface area contributed by atoms with E-state index in [1.165, 1.54) is 16.8 Å². The minimum Gasteiger partial charge on any atom is -0.492 e. The van der Waals surface area contributed by atoms with Crippen molar-refractivity contribution in [2.24, 2.45) is 0 Å². The van der Waals surface area contributed by atoms with E-state index in [0.717, 1.165) is 16.8 Å². The summed E-state index contributed by atoms with van der Waals surface area (Å²) in [6.45, 7) is 4.45. The summed E-state index contributed by atoms with van der Waals surface area (Å²) < 4.78 is 6.82. The van der Waals surface area contributed by atoms with Crippen molar-refractivity contribution in [2.75, 3.05) is 11.9 Å². The van der Waals surface area contributed by atoms with Crippen LogP contribution in [0.4, 0.5) is 5.69 Å². The van der Waals surface area contributed by atoms with Crippen molar-refractivity contribution in [3.8, 4) is 5.75 Å². The van der Waals surface area contributed by atoms with Gasteiger partial charge in [-0.05, 0) is 43.7 Å². The Morgan fingerprint density at radius 3 is 2.59 bits per heavy atom. The highest BCUT2D eigenvalue weighted by atomic mass is 16.5. The van der Waals surface area contributed by atoms with Crippen molar-refractivity contribution in [1.82, 2.24) is 9.78 Å². The molecule has 0 fully saturated rings. The lowest BCUT2D eigenvalue weighted by molar-refractivity contribution is 0.101. The summed E-state index contributed by atoms with van der Waals surface area (Å²) >= 11 is 0. The fourth-order valence-corrected chi connectivity index (χ4v) is 2.64. The Balaban J connectivity index is 1.68. The second-order valence-corrected chi connectivity index (χ2v) is 6.21. The second kappa shape index (κ2) is 8.31. The Labute approximate surface area is 157 Å². The molecule has 3 aromatic rings. The zero-order valence-electron chi connectivity index (χ0n) is 15.3. The fourth-order valence-electron chi connectivity index (χ4n) is 2.64. The molecule has 3 rings (SSSR count). The maximum absolute atomic E-state index is 12.5. The highest BCUT2D eigenvalue weighted by molar-refractivity contribution is 6.03. The number of para-hydroxylation sites is 1. The van der Waals surface area contributed by atoms with Gasteiger partial charge in [-0.3, -0.25) is 9.59 Å². The number of amides is 1. The van der Waals surface area contributed by atoms with Gasteiger partial charge in [0.05, 0.1) is 6.54 Å². The molecule has 0 saturated carbocycles. The largest absolute Gasteiger partial charge is 0.492 e. The molecule has 0 unspecified atom stereocenters. The third-order valence-electron chi connectivity index (χ3n) is 4.04. The minimum absolute atomic E-state index is 0.175. The van der Waals surface area contributed by atoms with Crippen LogP contribution in [0.1, 0.15) is 21.6 Å². The van der Waals surface area contributed by atoms with Crippen molar-refractivity contribution in [3.63, 3.8) is 0 Å². The molecule has 0 aliphatic heterocycles. The van der Waals surface area contributed by atoms with E-state index in [1.807, 2.05) is 62.4 Å². The molecular formula is C21H21N3O3. The van der Waals surface area contributed by atoms with Crippen LogP contribution in [0, 0.1) is 13.8 Å². The molecule has 0 atom stereocenters. The van der Waals surface area contributed by atoms with Gasteiger partial charge >= 0.3 is 0 Å². The first-order valence-electron chi connectivity index (χ1n) is 8.67. The maximum Gasteiger partial charge on any atom is 0.276 e. The molecule has 1 amide bonds. The normalized spacial score (nSPS) is 10.4. The fraction of sp³-hybridized carbons (Fsp3) is 0.190. The zero-order chi connectivity index (χ0) is 19.2. The molecule has 2 aromatic carbocycles. The molecule has 6 nitrogen and oxygen atoms in total. The molecule has 0 aliphatic rings. The number of rotatable bonds is 6. The Bertz CT molecular complexity index is 997. The van der Waals surface area contributed by atoms with E-state index in [0.29, 0.717) is 5.75 Å². The number of aryl methyl sites for hydroxylation is 2. The van der Waals surface area contributed by atoms with E-state index in [1.54, 1.807) is 0 Å². The molecule has 0 aliphatic carbocycles. The molecule has 0 saturated heterocycles. The van der Waals surface area contributed by atoms with Crippen molar-refractivity contribution < 1.29 is 9.53 Å². The average Bonchev–Trinajstić information content (AvgIpc) is 2.66. The predicted molar refractivity (Wildman–Crippen MR) is 104 cm³/mol. The lowest BCUT2D eigenvalue weighted by Crippen LogP contribution is -2.28. The van der Waals surface area contributed by atoms with Crippen molar-refractivity contribution >= 4 is 11.6 Å². The van der Waals surface area contributed by atoms with Crippen LogP contribution in [0.15, 0.2) is 65.5 Å². The highest BCUT2D eigenvalue weighted by Gasteiger charge is 2.11. The summed E-state index contributed by atoms with van der Waals surface area (Å²) in [5.74, 6) is 0.356. The standard InChI is InChI=1S/C21H21N3O3/c1-15-8-9-18(16(2)14-15)22-21(26)19-10-11-20(25)24(23-19)12-13-27-17-6-4-3-5-7-17/h3-11,14H,12-13H2,1-2H3,(H,22,26). The number of carbonyl (C=O) groups is 1. The van der Waals surface area contributed by atoms with Crippen LogP contribution in [0.2, 0.25) is 0 Å². The first kappa shape index (κ1) is 18.4. The molecule has 1 N–H and O–H groups in total. The van der Waals surface area contributed by atoms with E-state index in [4.69, 9.17) is 4.74 Å². The average molecular weight is 363 g/mol. The first-order valence-corrected chi connectivity index (χ1v) is 8.67. The number of aromatic nitrogens is 2. The summed E-state index contributed by atoms with van der Waals surface area (Å²) in [7, 11) is 0. The Hall–Kier alpha value is -3.41. The summed E-state index contributed by atoms with van der Waals surface area (Å²) in [6, 6.07) is 17.9. The number of nitrogens with one attached hydrogen (secondary N) is 1. The molecule has 6 heteroatoms. The van der Waals surface area contributed by atoms with E-state index in [9.17, 15) is 9.59 Å². The van der Waals surface area contributed by atoms with Gasteiger partial charge in [-0.1, -0.05) is 35.9 Å². The van der Waals surface area contributed by atoms with E-state index < -0.39 is 0 Å². The van der Waals surface area contributed by atoms with Gasteiger partial charge in [-0.2, -0.15) is 5.10 Å². The number of ether oxygens (including phenoxy) is 1. The molecule has 0 bridgehead atoms. The third-order valence-corrected chi connectivity index (χ3v) is 4.04. The van der Waals surface area contributed by atoms with Crippen LogP contribution >= 0.6 is 0 Å². The number of anilines is 1. The lowest BCUT2D eigenvalue weighted by Gasteiger charge is -2.10. The summed E-state index contributed by atoms with van der Waals surface area (Å²) in [5.41, 5.74) is 2.70. The Morgan fingerprint density at radius 1 is 1.07 bits per heavy atom. The minimum atomic E-state index is -0.361. The van der Waals surface area contributed by atoms with Gasteiger partial charge in [0.15, 0.2) is 0 Å². The lowest BCUT2D eigenvalue weighted by atomic mass is 10.1. The Kier molecular flexibility index (Phi) is 5.66. The molecule has 1 aromatic heterocycles. The summed E-state index contributed by atoms with van der Waals surface area (Å²) in [4.78, 5) is 24.5. The van der Waals surface area contributed by atoms with Gasteiger partial charge in [0.2, 0.25) is 0 Å². The SMILES string of the molecule is Cc1ccc(NC(=O)c2ccc(=O)n(CCOc3ccccc3)n2)c(C)c1. The molecule has 27 heavy (non-hydrogen) atoms. The molecule has 138 valence electrons. The van der Waals surface area contributed by atoms with Gasteiger partial charge in [-0.15, -0.1) is 0 Å². The molecule has 0 radical (unpaired) electrons. The zero-order valence-corrected chi connectivity index (χ0v) is 15.3. The predicted octanol–water partition coefficient (Wildman–Crippen LogP) is 3.19. The summed E-state index contributed by atoms with van der Waals surface area (Å²) in [6.07, 6.45) is 0. The van der Waals surface area contributed by atoms with Gasteiger partial charge < -0.3 is 10.1 Å². The first-order chi connectivity index (χ1) is 13.0. The maximum atomic E-state index is 12.5. The van der Waals surface area contributed by atoms with Gasteiger partial charge in [-0.25, -0.2) is 4.68 Å². The molecule has 0 spiro atoms. The molecular weight excluding hydrogens is 342 g/mol. The van der Waals surface area contributed by atoms with E-state index in [-0.39, 0.29) is 30.3 Å². The number of nitrogens with zero attached hydrogens (tertiary/aromatic N) is 2. The molecule has 1 heterocycles. The summed E-state index contributed by atoms with van der Waals surface area (Å²) in [5, 5.41) is 6.99. The number of hydrogen-bond donors (Lipinski definition) is 1. The van der Waals surface area contributed by atoms with Crippen molar-refractivity contribution in [1.29, 1.82) is 0 Å². The van der Waals surface area contributed by atoms with Gasteiger partial charge in [0.25, 0.3) is 11.5 Å². The third kappa shape index (κ3) is 4.82. The number of benzene rings is 2.